The Kier molecular flexibility index (Phi) is 4.95. The van der Waals surface area contributed by atoms with Gasteiger partial charge in [0.05, 0.1) is 18.9 Å². The Labute approximate surface area is 149 Å². The second kappa shape index (κ2) is 7.50. The molecule has 1 saturated heterocycles. The minimum Gasteiger partial charge on any atom is -0.376 e. The second-order valence-corrected chi connectivity index (χ2v) is 7.01. The molecule has 0 saturated carbocycles. The first-order valence-electron chi connectivity index (χ1n) is 9.27. The molecule has 1 aromatic heterocycles. The number of benzene rings is 1. The summed E-state index contributed by atoms with van der Waals surface area (Å²) < 4.78 is 5.45. The van der Waals surface area contributed by atoms with Crippen LogP contribution < -0.4 is 5.32 Å². The first-order valence-corrected chi connectivity index (χ1v) is 9.27. The zero-order chi connectivity index (χ0) is 17.1. The van der Waals surface area contributed by atoms with Gasteiger partial charge in [-0.05, 0) is 25.3 Å². The fraction of sp³-hybridized carbons (Fsp3) is 0.500. The number of piperidine rings is 1. The number of likely N-dealkylation sites (tertiary alicyclic amines) is 1. The molecule has 132 valence electrons. The lowest BCUT2D eigenvalue weighted by molar-refractivity contribution is 0.109. The quantitative estimate of drug-likeness (QED) is 0.928. The van der Waals surface area contributed by atoms with Crippen LogP contribution in [-0.2, 0) is 17.8 Å². The normalized spacial score (nSPS) is 20.0. The number of hydrogen-bond donors (Lipinski definition) is 1. The van der Waals surface area contributed by atoms with Crippen LogP contribution in [0, 0.1) is 0 Å². The van der Waals surface area contributed by atoms with Crippen molar-refractivity contribution in [3.8, 4) is 0 Å². The number of hydrogen-bond acceptors (Lipinski definition) is 5. The number of aromatic nitrogens is 2. The van der Waals surface area contributed by atoms with Crippen molar-refractivity contribution in [2.24, 2.45) is 0 Å². The van der Waals surface area contributed by atoms with Crippen LogP contribution in [0.2, 0.25) is 0 Å². The molecule has 3 heterocycles. The van der Waals surface area contributed by atoms with Crippen molar-refractivity contribution in [3.05, 3.63) is 53.3 Å². The topological polar surface area (TPSA) is 50.3 Å². The van der Waals surface area contributed by atoms with Crippen LogP contribution >= 0.6 is 0 Å². The fourth-order valence-corrected chi connectivity index (χ4v) is 3.76. The number of nitrogens with zero attached hydrogens (tertiary/aromatic N) is 3. The number of nitrogens with one attached hydrogen (secondary N) is 1. The predicted octanol–water partition coefficient (Wildman–Crippen LogP) is 3.19. The minimum atomic E-state index is 0.456. The Bertz CT molecular complexity index is 698. The lowest BCUT2D eigenvalue weighted by Gasteiger charge is -2.36. The van der Waals surface area contributed by atoms with Gasteiger partial charge >= 0.3 is 0 Å². The van der Waals surface area contributed by atoms with Gasteiger partial charge in [-0.15, -0.1) is 0 Å². The van der Waals surface area contributed by atoms with E-state index in [1.165, 1.54) is 5.56 Å². The number of rotatable bonds is 4. The molecule has 1 aromatic carbocycles. The SMILES string of the molecule is CC(c1ccccc1)N1CCC(Nc2ncc3c(n2)CCOC3)CC1. The summed E-state index contributed by atoms with van der Waals surface area (Å²) in [7, 11) is 0. The largest absolute Gasteiger partial charge is 0.376 e. The molecule has 25 heavy (non-hydrogen) atoms. The lowest BCUT2D eigenvalue weighted by Crippen LogP contribution is -2.40. The van der Waals surface area contributed by atoms with Gasteiger partial charge in [0, 0.05) is 43.4 Å². The molecule has 4 rings (SSSR count). The van der Waals surface area contributed by atoms with E-state index in [0.29, 0.717) is 18.7 Å². The van der Waals surface area contributed by atoms with E-state index >= 15 is 0 Å². The number of ether oxygens (including phenoxy) is 1. The second-order valence-electron chi connectivity index (χ2n) is 7.01. The molecule has 5 heteroatoms. The van der Waals surface area contributed by atoms with Gasteiger partial charge in [0.2, 0.25) is 5.95 Å². The average molecular weight is 338 g/mol. The third-order valence-corrected chi connectivity index (χ3v) is 5.39. The minimum absolute atomic E-state index is 0.456. The van der Waals surface area contributed by atoms with Crippen molar-refractivity contribution in [2.45, 2.75) is 44.9 Å². The van der Waals surface area contributed by atoms with E-state index in [1.807, 2.05) is 6.20 Å². The first-order chi connectivity index (χ1) is 12.3. The van der Waals surface area contributed by atoms with E-state index in [1.54, 1.807) is 0 Å². The molecule has 1 fully saturated rings. The van der Waals surface area contributed by atoms with E-state index in [9.17, 15) is 0 Å². The van der Waals surface area contributed by atoms with Gasteiger partial charge < -0.3 is 10.1 Å². The highest BCUT2D eigenvalue weighted by molar-refractivity contribution is 5.31. The highest BCUT2D eigenvalue weighted by atomic mass is 16.5. The summed E-state index contributed by atoms with van der Waals surface area (Å²) in [5.41, 5.74) is 3.66. The van der Waals surface area contributed by atoms with Gasteiger partial charge in [-0.3, -0.25) is 4.90 Å². The Balaban J connectivity index is 1.33. The maximum Gasteiger partial charge on any atom is 0.223 e. The monoisotopic (exact) mass is 338 g/mol. The summed E-state index contributed by atoms with van der Waals surface area (Å²) in [5, 5.41) is 3.54. The molecule has 1 N–H and O–H groups in total. The fourth-order valence-electron chi connectivity index (χ4n) is 3.76. The van der Waals surface area contributed by atoms with Crippen LogP contribution in [0.1, 0.15) is 42.6 Å². The summed E-state index contributed by atoms with van der Waals surface area (Å²) in [6.45, 7) is 5.92. The molecular weight excluding hydrogens is 312 g/mol. The summed E-state index contributed by atoms with van der Waals surface area (Å²) in [4.78, 5) is 11.7. The standard InChI is InChI=1S/C20H26N4O/c1-15(16-5-3-2-4-6-16)24-10-7-18(8-11-24)22-20-21-13-17-14-25-12-9-19(17)23-20/h2-6,13,15,18H,7-12,14H2,1H3,(H,21,22,23). The molecule has 0 bridgehead atoms. The molecule has 1 atom stereocenters. The molecule has 1 unspecified atom stereocenters. The lowest BCUT2D eigenvalue weighted by atomic mass is 10.0. The van der Waals surface area contributed by atoms with Crippen molar-refractivity contribution < 1.29 is 4.74 Å². The molecule has 0 amide bonds. The predicted molar refractivity (Wildman–Crippen MR) is 98.5 cm³/mol. The molecule has 5 nitrogen and oxygen atoms in total. The molecule has 0 aliphatic carbocycles. The first kappa shape index (κ1) is 16.5. The zero-order valence-corrected chi connectivity index (χ0v) is 14.8. The zero-order valence-electron chi connectivity index (χ0n) is 14.8. The Hall–Kier alpha value is -1.98. The van der Waals surface area contributed by atoms with Crippen LogP contribution in [0.5, 0.6) is 0 Å². The number of fused-ring (bicyclic) bond motifs is 1. The van der Waals surface area contributed by atoms with Crippen molar-refractivity contribution in [1.29, 1.82) is 0 Å². The highest BCUT2D eigenvalue weighted by Gasteiger charge is 2.24. The van der Waals surface area contributed by atoms with Crippen LogP contribution in [-0.4, -0.2) is 40.6 Å². The van der Waals surface area contributed by atoms with Gasteiger partial charge in [0.25, 0.3) is 0 Å². The molecule has 2 aliphatic heterocycles. The molecule has 2 aromatic rings. The van der Waals surface area contributed by atoms with Crippen LogP contribution in [0.3, 0.4) is 0 Å². The smallest absolute Gasteiger partial charge is 0.223 e. The maximum absolute atomic E-state index is 5.45. The summed E-state index contributed by atoms with van der Waals surface area (Å²) in [6.07, 6.45) is 5.05. The van der Waals surface area contributed by atoms with Gasteiger partial charge in [0.1, 0.15) is 0 Å². The Morgan fingerprint density at radius 1 is 1.20 bits per heavy atom. The van der Waals surface area contributed by atoms with E-state index in [2.05, 4.69) is 52.5 Å². The van der Waals surface area contributed by atoms with Gasteiger partial charge in [-0.1, -0.05) is 30.3 Å². The average Bonchev–Trinajstić information content (AvgIpc) is 2.69. The third kappa shape index (κ3) is 3.83. The molecule has 2 aliphatic rings. The van der Waals surface area contributed by atoms with Crippen molar-refractivity contribution in [2.75, 3.05) is 25.0 Å². The van der Waals surface area contributed by atoms with Crippen LogP contribution in [0.4, 0.5) is 5.95 Å². The van der Waals surface area contributed by atoms with Gasteiger partial charge in [-0.2, -0.15) is 0 Å². The summed E-state index contributed by atoms with van der Waals surface area (Å²) >= 11 is 0. The number of anilines is 1. The van der Waals surface area contributed by atoms with Crippen LogP contribution in [0.25, 0.3) is 0 Å². The molecule has 0 radical (unpaired) electrons. The van der Waals surface area contributed by atoms with Gasteiger partial charge in [-0.25, -0.2) is 9.97 Å². The third-order valence-electron chi connectivity index (χ3n) is 5.39. The summed E-state index contributed by atoms with van der Waals surface area (Å²) in [5.74, 6) is 0.773. The van der Waals surface area contributed by atoms with E-state index in [-0.39, 0.29) is 0 Å². The molecule has 0 spiro atoms. The highest BCUT2D eigenvalue weighted by Crippen LogP contribution is 2.25. The van der Waals surface area contributed by atoms with E-state index in [4.69, 9.17) is 9.72 Å². The van der Waals surface area contributed by atoms with Gasteiger partial charge in [0.15, 0.2) is 0 Å². The Morgan fingerprint density at radius 3 is 2.80 bits per heavy atom. The molecular formula is C20H26N4O. The van der Waals surface area contributed by atoms with Crippen LogP contribution in [0.15, 0.2) is 36.5 Å². The van der Waals surface area contributed by atoms with Crippen molar-refractivity contribution in [1.82, 2.24) is 14.9 Å². The Morgan fingerprint density at radius 2 is 2.00 bits per heavy atom. The van der Waals surface area contributed by atoms with Crippen molar-refractivity contribution in [3.63, 3.8) is 0 Å². The maximum atomic E-state index is 5.45. The summed E-state index contributed by atoms with van der Waals surface area (Å²) in [6, 6.07) is 11.7. The van der Waals surface area contributed by atoms with E-state index in [0.717, 1.165) is 56.2 Å². The van der Waals surface area contributed by atoms with Crippen molar-refractivity contribution >= 4 is 5.95 Å². The van der Waals surface area contributed by atoms with E-state index < -0.39 is 0 Å².